The number of nitrogens with zero attached hydrogens (tertiary/aromatic N) is 3. The summed E-state index contributed by atoms with van der Waals surface area (Å²) >= 11 is 0. The molecule has 0 saturated carbocycles. The van der Waals surface area contributed by atoms with Crippen molar-refractivity contribution in [3.05, 3.63) is 65.4 Å². The number of aromatic hydroxyl groups is 1. The van der Waals surface area contributed by atoms with Crippen LogP contribution in [0.4, 0.5) is 14.5 Å². The molecule has 3 heterocycles. The third-order valence-corrected chi connectivity index (χ3v) is 5.74. The lowest BCUT2D eigenvalue weighted by Gasteiger charge is -2.32. The Labute approximate surface area is 184 Å². The summed E-state index contributed by atoms with van der Waals surface area (Å²) in [6.07, 6.45) is 11.8. The molecule has 0 radical (unpaired) electrons. The number of phenols is 1. The number of rotatable bonds is 1. The lowest BCUT2D eigenvalue weighted by atomic mass is 9.95. The molecule has 32 heavy (non-hydrogen) atoms. The first-order valence-electron chi connectivity index (χ1n) is 10.3. The van der Waals surface area contributed by atoms with Crippen molar-refractivity contribution in [2.75, 3.05) is 18.4 Å². The van der Waals surface area contributed by atoms with Crippen molar-refractivity contribution in [1.82, 2.24) is 9.88 Å². The molecule has 160 valence electrons. The molecule has 5 nitrogen and oxygen atoms in total. The Morgan fingerprint density at radius 3 is 2.81 bits per heavy atom. The highest BCUT2D eigenvalue weighted by atomic mass is 19.1. The van der Waals surface area contributed by atoms with Crippen molar-refractivity contribution < 1.29 is 13.9 Å². The molecule has 2 aliphatic rings. The van der Waals surface area contributed by atoms with E-state index in [9.17, 15) is 9.50 Å². The molecule has 1 aromatic heterocycles. The van der Waals surface area contributed by atoms with Gasteiger partial charge < -0.3 is 15.3 Å². The van der Waals surface area contributed by atoms with Crippen LogP contribution in [0.5, 0.6) is 5.75 Å². The number of fused-ring (bicyclic) bond motifs is 2. The van der Waals surface area contributed by atoms with E-state index in [4.69, 9.17) is 6.42 Å². The highest BCUT2D eigenvalue weighted by Gasteiger charge is 2.28. The van der Waals surface area contributed by atoms with Gasteiger partial charge in [-0.2, -0.15) is 0 Å². The summed E-state index contributed by atoms with van der Waals surface area (Å²) in [5, 5.41) is 14.2. The Kier molecular flexibility index (Phi) is 4.78. The zero-order valence-corrected chi connectivity index (χ0v) is 17.4. The zero-order valence-electron chi connectivity index (χ0n) is 17.4. The summed E-state index contributed by atoms with van der Waals surface area (Å²) in [4.78, 5) is 11.1. The summed E-state index contributed by atoms with van der Waals surface area (Å²) in [6.45, 7) is 3.32. The van der Waals surface area contributed by atoms with E-state index in [-0.39, 0.29) is 34.4 Å². The van der Waals surface area contributed by atoms with Crippen LogP contribution in [0.25, 0.3) is 22.0 Å². The van der Waals surface area contributed by atoms with Crippen molar-refractivity contribution >= 4 is 22.3 Å². The maximum Gasteiger partial charge on any atom is 0.173 e. The average Bonchev–Trinajstić information content (AvgIpc) is 2.79. The fraction of sp³-hybridized carbons (Fsp3) is 0.200. The van der Waals surface area contributed by atoms with Crippen LogP contribution in [0, 0.1) is 24.0 Å². The fourth-order valence-corrected chi connectivity index (χ4v) is 4.32. The SMILES string of the molecule is C#Cc1c(F)ccc2cc(O)cc(-c3ncc4c(c3F)NC(C)N=C4N3CC=CCC3)c12. The Hall–Kier alpha value is -3.92. The molecule has 0 aliphatic carbocycles. The van der Waals surface area contributed by atoms with Crippen LogP contribution in [0.2, 0.25) is 0 Å². The average molecular weight is 430 g/mol. The number of aliphatic imine (C=N–C) groups is 1. The second-order valence-corrected chi connectivity index (χ2v) is 7.85. The van der Waals surface area contributed by atoms with Crippen LogP contribution in [0.3, 0.4) is 0 Å². The number of halogens is 2. The molecule has 2 N–H and O–H groups in total. The number of aromatic nitrogens is 1. The molecule has 1 atom stereocenters. The minimum Gasteiger partial charge on any atom is -0.508 e. The van der Waals surface area contributed by atoms with Crippen LogP contribution in [0.15, 0.2) is 47.6 Å². The molecule has 2 aliphatic heterocycles. The number of hydrogen-bond acceptors (Lipinski definition) is 5. The second-order valence-electron chi connectivity index (χ2n) is 7.85. The lowest BCUT2D eigenvalue weighted by Crippen LogP contribution is -2.39. The van der Waals surface area contributed by atoms with Gasteiger partial charge in [-0.25, -0.2) is 13.8 Å². The van der Waals surface area contributed by atoms with Crippen LogP contribution < -0.4 is 5.32 Å². The van der Waals surface area contributed by atoms with Gasteiger partial charge in [-0.3, -0.25) is 4.98 Å². The fourth-order valence-electron chi connectivity index (χ4n) is 4.32. The molecule has 3 aromatic rings. The molecule has 5 rings (SSSR count). The van der Waals surface area contributed by atoms with Gasteiger partial charge in [-0.15, -0.1) is 6.42 Å². The number of terminal acetylenes is 1. The Balaban J connectivity index is 1.73. The first-order chi connectivity index (χ1) is 15.5. The van der Waals surface area contributed by atoms with E-state index in [1.807, 2.05) is 6.92 Å². The molecular weight excluding hydrogens is 410 g/mol. The summed E-state index contributed by atoms with van der Waals surface area (Å²) < 4.78 is 30.4. The van der Waals surface area contributed by atoms with Crippen molar-refractivity contribution in [3.8, 4) is 29.4 Å². The van der Waals surface area contributed by atoms with Gasteiger partial charge in [0.25, 0.3) is 0 Å². The van der Waals surface area contributed by atoms with Gasteiger partial charge in [-0.05, 0) is 36.9 Å². The number of nitrogens with one attached hydrogen (secondary N) is 1. The number of amidine groups is 1. The smallest absolute Gasteiger partial charge is 0.173 e. The van der Waals surface area contributed by atoms with Gasteiger partial charge in [0.15, 0.2) is 5.82 Å². The minimum absolute atomic E-state index is 0.0000957. The maximum absolute atomic E-state index is 15.9. The molecule has 0 bridgehead atoms. The van der Waals surface area contributed by atoms with Crippen LogP contribution in [-0.4, -0.2) is 40.1 Å². The molecule has 1 unspecified atom stereocenters. The third kappa shape index (κ3) is 3.16. The molecule has 0 spiro atoms. The van der Waals surface area contributed by atoms with Crippen molar-refractivity contribution in [2.24, 2.45) is 4.99 Å². The first-order valence-corrected chi connectivity index (χ1v) is 10.3. The van der Waals surface area contributed by atoms with Crippen LogP contribution in [0.1, 0.15) is 24.5 Å². The van der Waals surface area contributed by atoms with Crippen LogP contribution in [-0.2, 0) is 0 Å². The van der Waals surface area contributed by atoms with Gasteiger partial charge >= 0.3 is 0 Å². The summed E-state index contributed by atoms with van der Waals surface area (Å²) in [5.74, 6) is 1.75. The maximum atomic E-state index is 15.9. The van der Waals surface area contributed by atoms with E-state index >= 15 is 4.39 Å². The summed E-state index contributed by atoms with van der Waals surface area (Å²) in [6, 6.07) is 5.55. The van der Waals surface area contributed by atoms with E-state index in [1.165, 1.54) is 24.3 Å². The largest absolute Gasteiger partial charge is 0.508 e. The highest BCUT2D eigenvalue weighted by molar-refractivity contribution is 6.07. The quantitative estimate of drug-likeness (QED) is 0.436. The predicted molar refractivity (Wildman–Crippen MR) is 122 cm³/mol. The monoisotopic (exact) mass is 430 g/mol. The summed E-state index contributed by atoms with van der Waals surface area (Å²) in [5.41, 5.74) is 1.04. The molecule has 2 aromatic carbocycles. The van der Waals surface area contributed by atoms with Gasteiger partial charge in [0.1, 0.15) is 29.3 Å². The van der Waals surface area contributed by atoms with E-state index in [0.717, 1.165) is 13.0 Å². The van der Waals surface area contributed by atoms with E-state index in [1.54, 1.807) is 6.20 Å². The van der Waals surface area contributed by atoms with Gasteiger partial charge in [-0.1, -0.05) is 24.1 Å². The van der Waals surface area contributed by atoms with Crippen molar-refractivity contribution in [3.63, 3.8) is 0 Å². The number of hydrogen-bond donors (Lipinski definition) is 2. The Bertz CT molecular complexity index is 1360. The number of anilines is 1. The number of pyridine rings is 1. The van der Waals surface area contributed by atoms with Crippen LogP contribution >= 0.6 is 0 Å². The topological polar surface area (TPSA) is 60.8 Å². The Morgan fingerprint density at radius 2 is 2.06 bits per heavy atom. The number of benzene rings is 2. The van der Waals surface area contributed by atoms with Crippen molar-refractivity contribution in [2.45, 2.75) is 19.5 Å². The summed E-state index contributed by atoms with van der Waals surface area (Å²) in [7, 11) is 0. The highest BCUT2D eigenvalue weighted by Crippen LogP contribution is 2.39. The molecule has 0 fully saturated rings. The van der Waals surface area contributed by atoms with E-state index < -0.39 is 11.6 Å². The van der Waals surface area contributed by atoms with E-state index in [0.29, 0.717) is 28.7 Å². The first kappa shape index (κ1) is 20.0. The zero-order chi connectivity index (χ0) is 22.4. The van der Waals surface area contributed by atoms with Gasteiger partial charge in [0.2, 0.25) is 0 Å². The van der Waals surface area contributed by atoms with Gasteiger partial charge in [0.05, 0.1) is 16.8 Å². The molecule has 0 saturated heterocycles. The lowest BCUT2D eigenvalue weighted by molar-refractivity contribution is 0.449. The number of phenolic OH excluding ortho intramolecular Hbond substituents is 1. The van der Waals surface area contributed by atoms with Crippen molar-refractivity contribution in [1.29, 1.82) is 0 Å². The Morgan fingerprint density at radius 1 is 1.22 bits per heavy atom. The molecular formula is C25H20F2N4O. The second kappa shape index (κ2) is 7.65. The normalized spacial score (nSPS) is 17.5. The molecule has 0 amide bonds. The van der Waals surface area contributed by atoms with E-state index in [2.05, 4.69) is 38.3 Å². The van der Waals surface area contributed by atoms with Gasteiger partial charge in [0, 0.05) is 30.2 Å². The third-order valence-electron chi connectivity index (χ3n) is 5.74. The standard InChI is InChI=1S/C25H20F2N4O/c1-3-17-20(26)8-7-15-11-16(32)12-18(21(15)17)23-22(27)24-19(13-28-23)25(30-14(2)29-24)31-9-5-4-6-10-31/h1,4-5,7-8,11-14,29,32H,6,9-10H2,2H3. The predicted octanol–water partition coefficient (Wildman–Crippen LogP) is 4.65. The molecule has 7 heteroatoms. The minimum atomic E-state index is -0.603.